The van der Waals surface area contributed by atoms with Crippen molar-refractivity contribution in [3.63, 3.8) is 0 Å². The summed E-state index contributed by atoms with van der Waals surface area (Å²) in [5.74, 6) is 0. The summed E-state index contributed by atoms with van der Waals surface area (Å²) in [5, 5.41) is 11.0. The smallest absolute Gasteiger partial charge is 0.272 e. The van der Waals surface area contributed by atoms with Gasteiger partial charge in [0.05, 0.1) is 4.92 Å². The summed E-state index contributed by atoms with van der Waals surface area (Å²) in [6.07, 6.45) is 5.71. The number of hydrogen-bond acceptors (Lipinski definition) is 3. The van der Waals surface area contributed by atoms with Crippen LogP contribution >= 0.6 is 0 Å². The predicted octanol–water partition coefficient (Wildman–Crippen LogP) is 4.20. The fourth-order valence-electron chi connectivity index (χ4n) is 2.06. The maximum Gasteiger partial charge on any atom is 0.272 e. The molecule has 0 aliphatic carbocycles. The molecule has 4 heteroatoms. The van der Waals surface area contributed by atoms with Gasteiger partial charge in [0.1, 0.15) is 6.29 Å². The predicted molar refractivity (Wildman–Crippen MR) is 87.4 cm³/mol. The number of rotatable bonds is 5. The van der Waals surface area contributed by atoms with E-state index < -0.39 is 4.92 Å². The zero-order valence-corrected chi connectivity index (χ0v) is 12.1. The van der Waals surface area contributed by atoms with Crippen molar-refractivity contribution < 1.29 is 9.72 Å². The molecule has 0 N–H and O–H groups in total. The summed E-state index contributed by atoms with van der Waals surface area (Å²) in [4.78, 5) is 21.5. The lowest BCUT2D eigenvalue weighted by Crippen LogP contribution is -1.93. The highest BCUT2D eigenvalue weighted by Crippen LogP contribution is 2.25. The quantitative estimate of drug-likeness (QED) is 0.273. The number of benzene rings is 2. The molecule has 110 valence electrons. The van der Waals surface area contributed by atoms with Crippen LogP contribution in [0.15, 0.2) is 60.7 Å². The zero-order valence-electron chi connectivity index (χ0n) is 12.1. The highest BCUT2D eigenvalue weighted by molar-refractivity contribution is 5.89. The Morgan fingerprint density at radius 3 is 2.50 bits per heavy atom. The van der Waals surface area contributed by atoms with Crippen molar-refractivity contribution in [3.8, 4) is 0 Å². The highest BCUT2D eigenvalue weighted by Gasteiger charge is 2.12. The minimum atomic E-state index is -0.418. The van der Waals surface area contributed by atoms with Crippen molar-refractivity contribution >= 4 is 23.6 Å². The van der Waals surface area contributed by atoms with E-state index in [9.17, 15) is 14.9 Å². The second-order valence-electron chi connectivity index (χ2n) is 4.76. The number of allylic oxidation sites excluding steroid dienone is 3. The maximum atomic E-state index is 11.0. The molecule has 0 amide bonds. The molecule has 0 fully saturated rings. The average molecular weight is 293 g/mol. The molecule has 0 radical (unpaired) electrons. The van der Waals surface area contributed by atoms with Crippen LogP contribution in [-0.4, -0.2) is 11.2 Å². The second kappa shape index (κ2) is 7.13. The van der Waals surface area contributed by atoms with Crippen LogP contribution in [0.1, 0.15) is 16.7 Å². The van der Waals surface area contributed by atoms with Crippen LogP contribution < -0.4 is 0 Å². The number of aldehydes is 1. The molecular formula is C18H15NO3. The largest absolute Gasteiger partial charge is 0.299 e. The summed E-state index contributed by atoms with van der Waals surface area (Å²) in [6, 6.07) is 14.6. The van der Waals surface area contributed by atoms with E-state index in [4.69, 9.17) is 0 Å². The van der Waals surface area contributed by atoms with E-state index in [-0.39, 0.29) is 5.69 Å². The first-order valence-electron chi connectivity index (χ1n) is 6.76. The number of nitrogens with zero attached hydrogens (tertiary/aromatic N) is 1. The minimum Gasteiger partial charge on any atom is -0.299 e. The molecule has 0 aliphatic rings. The molecule has 2 aromatic rings. The van der Waals surface area contributed by atoms with Gasteiger partial charge in [0.2, 0.25) is 0 Å². The van der Waals surface area contributed by atoms with Crippen molar-refractivity contribution in [3.05, 3.63) is 87.5 Å². The fourth-order valence-corrected chi connectivity index (χ4v) is 2.06. The first-order valence-corrected chi connectivity index (χ1v) is 6.76. The van der Waals surface area contributed by atoms with Gasteiger partial charge in [-0.3, -0.25) is 14.9 Å². The van der Waals surface area contributed by atoms with Gasteiger partial charge >= 0.3 is 0 Å². The molecule has 0 unspecified atom stereocenters. The Labute approximate surface area is 128 Å². The Morgan fingerprint density at radius 2 is 1.86 bits per heavy atom. The van der Waals surface area contributed by atoms with Gasteiger partial charge in [0.25, 0.3) is 5.69 Å². The van der Waals surface area contributed by atoms with Crippen LogP contribution in [0.4, 0.5) is 5.69 Å². The Balaban J connectivity index is 2.39. The lowest BCUT2D eigenvalue weighted by molar-refractivity contribution is -0.385. The third-order valence-electron chi connectivity index (χ3n) is 3.24. The van der Waals surface area contributed by atoms with E-state index in [1.807, 2.05) is 36.4 Å². The summed E-state index contributed by atoms with van der Waals surface area (Å²) in [5.41, 5.74) is 2.88. The SMILES string of the molecule is Cc1ccc(C(/C=C/c2ccccc2)=C/C=O)cc1[N+](=O)[O-]. The first-order chi connectivity index (χ1) is 10.6. The molecule has 2 rings (SSSR count). The summed E-state index contributed by atoms with van der Waals surface area (Å²) in [6.45, 7) is 1.69. The van der Waals surface area contributed by atoms with E-state index in [1.54, 1.807) is 25.1 Å². The second-order valence-corrected chi connectivity index (χ2v) is 4.76. The molecule has 0 aromatic heterocycles. The van der Waals surface area contributed by atoms with E-state index in [0.717, 1.165) is 5.56 Å². The van der Waals surface area contributed by atoms with Gasteiger partial charge in [-0.15, -0.1) is 0 Å². The van der Waals surface area contributed by atoms with Crippen LogP contribution in [0.25, 0.3) is 11.6 Å². The first kappa shape index (κ1) is 15.4. The Morgan fingerprint density at radius 1 is 1.14 bits per heavy atom. The summed E-state index contributed by atoms with van der Waals surface area (Å²) < 4.78 is 0. The number of carbonyl (C=O) groups is 1. The lowest BCUT2D eigenvalue weighted by atomic mass is 10.0. The number of aryl methyl sites for hydroxylation is 1. The summed E-state index contributed by atoms with van der Waals surface area (Å²) in [7, 11) is 0. The molecule has 0 heterocycles. The van der Waals surface area contributed by atoms with E-state index in [2.05, 4.69) is 0 Å². The van der Waals surface area contributed by atoms with Gasteiger partial charge in [0, 0.05) is 11.6 Å². The van der Waals surface area contributed by atoms with Gasteiger partial charge in [0.15, 0.2) is 0 Å². The standard InChI is InChI=1S/C18H15NO3/c1-14-7-9-17(13-18(14)19(21)22)16(11-12-20)10-8-15-5-3-2-4-6-15/h2-13H,1H3/b10-8+,16-11+. The maximum absolute atomic E-state index is 11.0. The normalized spacial score (nSPS) is 11.6. The molecular weight excluding hydrogens is 278 g/mol. The van der Waals surface area contributed by atoms with Crippen molar-refractivity contribution in [2.45, 2.75) is 6.92 Å². The van der Waals surface area contributed by atoms with Gasteiger partial charge in [-0.2, -0.15) is 0 Å². The molecule has 4 nitrogen and oxygen atoms in total. The lowest BCUT2D eigenvalue weighted by Gasteiger charge is -2.04. The van der Waals surface area contributed by atoms with Crippen LogP contribution in [-0.2, 0) is 4.79 Å². The molecule has 2 aromatic carbocycles. The number of nitro groups is 1. The fraction of sp³-hybridized carbons (Fsp3) is 0.0556. The Hall–Kier alpha value is -3.01. The van der Waals surface area contributed by atoms with Gasteiger partial charge in [-0.05, 0) is 29.7 Å². The topological polar surface area (TPSA) is 60.2 Å². The molecule has 0 aliphatic heterocycles. The molecule has 0 spiro atoms. The van der Waals surface area contributed by atoms with Crippen molar-refractivity contribution in [1.29, 1.82) is 0 Å². The van der Waals surface area contributed by atoms with Crippen LogP contribution in [0, 0.1) is 17.0 Å². The highest BCUT2D eigenvalue weighted by atomic mass is 16.6. The zero-order chi connectivity index (χ0) is 15.9. The third kappa shape index (κ3) is 3.76. The van der Waals surface area contributed by atoms with Crippen LogP contribution in [0.5, 0.6) is 0 Å². The van der Waals surface area contributed by atoms with E-state index >= 15 is 0 Å². The minimum absolute atomic E-state index is 0.0439. The van der Waals surface area contributed by atoms with Crippen molar-refractivity contribution in [2.24, 2.45) is 0 Å². The molecule has 22 heavy (non-hydrogen) atoms. The van der Waals surface area contributed by atoms with E-state index in [1.165, 1.54) is 12.1 Å². The number of hydrogen-bond donors (Lipinski definition) is 0. The number of nitro benzene ring substituents is 1. The van der Waals surface area contributed by atoms with Gasteiger partial charge < -0.3 is 0 Å². The molecule has 0 atom stereocenters. The Kier molecular flexibility index (Phi) is 4.98. The number of carbonyl (C=O) groups excluding carboxylic acids is 1. The average Bonchev–Trinajstić information content (AvgIpc) is 2.53. The van der Waals surface area contributed by atoms with Gasteiger partial charge in [-0.1, -0.05) is 54.6 Å². The van der Waals surface area contributed by atoms with Crippen LogP contribution in [0.2, 0.25) is 0 Å². The monoisotopic (exact) mass is 293 g/mol. The van der Waals surface area contributed by atoms with Gasteiger partial charge in [-0.25, -0.2) is 0 Å². The Bertz CT molecular complexity index is 746. The van der Waals surface area contributed by atoms with E-state index in [0.29, 0.717) is 23.0 Å². The third-order valence-corrected chi connectivity index (χ3v) is 3.24. The van der Waals surface area contributed by atoms with Crippen molar-refractivity contribution in [2.75, 3.05) is 0 Å². The summed E-state index contributed by atoms with van der Waals surface area (Å²) >= 11 is 0. The van der Waals surface area contributed by atoms with Crippen LogP contribution in [0.3, 0.4) is 0 Å². The molecule has 0 saturated carbocycles. The molecule has 0 saturated heterocycles. The molecule has 0 bridgehead atoms. The van der Waals surface area contributed by atoms with Crippen molar-refractivity contribution in [1.82, 2.24) is 0 Å².